The number of nitrogens with one attached hydrogen (secondary N) is 1. The van der Waals surface area contributed by atoms with Gasteiger partial charge in [0.1, 0.15) is 5.69 Å². The van der Waals surface area contributed by atoms with Gasteiger partial charge in [-0.25, -0.2) is 4.98 Å². The summed E-state index contributed by atoms with van der Waals surface area (Å²) < 4.78 is 28.3. The number of carbonyl (C=O) groups is 1. The predicted octanol–water partition coefficient (Wildman–Crippen LogP) is 0.477. The van der Waals surface area contributed by atoms with E-state index in [4.69, 9.17) is 5.73 Å². The summed E-state index contributed by atoms with van der Waals surface area (Å²) >= 11 is 3.12. The Balaban J connectivity index is 2.31. The molecule has 8 nitrogen and oxygen atoms in total. The van der Waals surface area contributed by atoms with E-state index in [0.717, 1.165) is 0 Å². The summed E-state index contributed by atoms with van der Waals surface area (Å²) in [6.45, 7) is 0. The van der Waals surface area contributed by atoms with Gasteiger partial charge in [0.2, 0.25) is 0 Å². The molecule has 0 aliphatic carbocycles. The maximum absolute atomic E-state index is 12.2. The Labute approximate surface area is 123 Å². The van der Waals surface area contributed by atoms with Gasteiger partial charge in [-0.05, 0) is 28.1 Å². The normalized spacial score (nSPS) is 11.3. The van der Waals surface area contributed by atoms with Crippen molar-refractivity contribution in [2.45, 2.75) is 5.03 Å². The molecule has 2 aromatic rings. The van der Waals surface area contributed by atoms with Crippen molar-refractivity contribution >= 4 is 37.5 Å². The Bertz CT molecular complexity index is 734. The molecule has 0 unspecified atom stereocenters. The molecule has 0 radical (unpaired) electrons. The molecule has 2 heterocycles. The predicted molar refractivity (Wildman–Crippen MR) is 74.5 cm³/mol. The van der Waals surface area contributed by atoms with Crippen LogP contribution in [0.25, 0.3) is 0 Å². The Morgan fingerprint density at radius 3 is 2.55 bits per heavy atom. The number of amides is 1. The van der Waals surface area contributed by atoms with E-state index in [1.165, 1.54) is 36.3 Å². The van der Waals surface area contributed by atoms with Crippen LogP contribution in [0.15, 0.2) is 34.0 Å². The van der Waals surface area contributed by atoms with Gasteiger partial charge in [-0.1, -0.05) is 0 Å². The number of nitrogens with zero attached hydrogens (tertiary/aromatic N) is 3. The lowest BCUT2D eigenvalue weighted by molar-refractivity contribution is 0.0995. The van der Waals surface area contributed by atoms with Gasteiger partial charge >= 0.3 is 0 Å². The highest BCUT2D eigenvalue weighted by atomic mass is 79.9. The van der Waals surface area contributed by atoms with Crippen LogP contribution in [0.5, 0.6) is 0 Å². The molecule has 0 saturated carbocycles. The van der Waals surface area contributed by atoms with Crippen LogP contribution < -0.4 is 10.5 Å². The van der Waals surface area contributed by atoms with Gasteiger partial charge in [0.05, 0.1) is 22.6 Å². The first-order chi connectivity index (χ1) is 9.31. The topological polar surface area (TPSA) is 120 Å². The third-order valence-corrected chi connectivity index (χ3v) is 4.71. The molecule has 1 amide bonds. The first-order valence-corrected chi connectivity index (χ1v) is 7.55. The summed E-state index contributed by atoms with van der Waals surface area (Å²) in [7, 11) is -2.31. The van der Waals surface area contributed by atoms with Crippen molar-refractivity contribution in [2.75, 3.05) is 4.72 Å². The lowest BCUT2D eigenvalue weighted by Gasteiger charge is -2.08. The quantitative estimate of drug-likeness (QED) is 0.822. The number of pyridine rings is 1. The molecule has 3 N–H and O–H groups in total. The summed E-state index contributed by atoms with van der Waals surface area (Å²) in [5.74, 6) is -0.686. The van der Waals surface area contributed by atoms with Crippen LogP contribution in [0.1, 0.15) is 10.5 Å². The second kappa shape index (κ2) is 5.21. The third kappa shape index (κ3) is 2.80. The molecule has 0 atom stereocenters. The van der Waals surface area contributed by atoms with Gasteiger partial charge in [0, 0.05) is 7.05 Å². The van der Waals surface area contributed by atoms with Crippen molar-refractivity contribution in [3.05, 3.63) is 34.7 Å². The minimum absolute atomic E-state index is 0.0172. The number of hydrogen-bond acceptors (Lipinski definition) is 5. The van der Waals surface area contributed by atoms with Gasteiger partial charge in [0.15, 0.2) is 5.03 Å². The van der Waals surface area contributed by atoms with Crippen LogP contribution in [0.4, 0.5) is 5.69 Å². The summed E-state index contributed by atoms with van der Waals surface area (Å²) in [4.78, 5) is 14.6. The number of sulfonamides is 1. The van der Waals surface area contributed by atoms with Gasteiger partial charge in [-0.15, -0.1) is 0 Å². The lowest BCUT2D eigenvalue weighted by atomic mass is 10.3. The average molecular weight is 360 g/mol. The third-order valence-electron chi connectivity index (χ3n) is 2.37. The van der Waals surface area contributed by atoms with Crippen molar-refractivity contribution in [1.29, 1.82) is 0 Å². The molecule has 0 fully saturated rings. The minimum atomic E-state index is -3.82. The first kappa shape index (κ1) is 14.5. The van der Waals surface area contributed by atoms with E-state index in [9.17, 15) is 13.2 Å². The molecule has 2 rings (SSSR count). The molecule has 0 spiro atoms. The number of anilines is 1. The van der Waals surface area contributed by atoms with E-state index in [0.29, 0.717) is 4.47 Å². The van der Waals surface area contributed by atoms with E-state index in [2.05, 4.69) is 30.7 Å². The molecule has 0 aliphatic heterocycles. The Kier molecular flexibility index (Phi) is 3.77. The summed E-state index contributed by atoms with van der Waals surface area (Å²) in [6, 6.07) is 2.73. The van der Waals surface area contributed by atoms with Gasteiger partial charge in [-0.3, -0.25) is 14.2 Å². The SMILES string of the molecule is Cn1ncc(Br)c1S(=O)(=O)Nc1ccc(C(N)=O)nc1. The highest BCUT2D eigenvalue weighted by Gasteiger charge is 2.22. The molecule has 20 heavy (non-hydrogen) atoms. The second-order valence-corrected chi connectivity index (χ2v) is 6.28. The Morgan fingerprint density at radius 2 is 2.10 bits per heavy atom. The molecule has 0 saturated heterocycles. The van der Waals surface area contributed by atoms with Crippen molar-refractivity contribution in [2.24, 2.45) is 12.8 Å². The maximum atomic E-state index is 12.2. The van der Waals surface area contributed by atoms with Crippen LogP contribution in [-0.2, 0) is 17.1 Å². The lowest BCUT2D eigenvalue weighted by Crippen LogP contribution is -2.18. The number of primary amides is 1. The molecular weight excluding hydrogens is 350 g/mol. The van der Waals surface area contributed by atoms with Crippen LogP contribution >= 0.6 is 15.9 Å². The highest BCUT2D eigenvalue weighted by molar-refractivity contribution is 9.10. The molecule has 0 aliphatic rings. The number of halogens is 1. The number of rotatable bonds is 4. The number of carbonyl (C=O) groups excluding carboxylic acids is 1. The highest BCUT2D eigenvalue weighted by Crippen LogP contribution is 2.22. The molecule has 0 bridgehead atoms. The summed E-state index contributed by atoms with van der Waals surface area (Å²) in [6.07, 6.45) is 2.59. The van der Waals surface area contributed by atoms with Crippen molar-refractivity contribution in [3.63, 3.8) is 0 Å². The molecule has 0 aromatic carbocycles. The zero-order chi connectivity index (χ0) is 14.9. The zero-order valence-electron chi connectivity index (χ0n) is 10.2. The number of nitrogens with two attached hydrogens (primary N) is 1. The summed E-state index contributed by atoms with van der Waals surface area (Å²) in [5.41, 5.74) is 5.31. The maximum Gasteiger partial charge on any atom is 0.280 e. The van der Waals surface area contributed by atoms with Crippen LogP contribution in [0, 0.1) is 0 Å². The molecule has 10 heteroatoms. The smallest absolute Gasteiger partial charge is 0.280 e. The van der Waals surface area contributed by atoms with E-state index in [1.807, 2.05) is 0 Å². The Morgan fingerprint density at radius 1 is 1.40 bits per heavy atom. The van der Waals surface area contributed by atoms with E-state index in [1.54, 1.807) is 0 Å². The number of aryl methyl sites for hydroxylation is 1. The zero-order valence-corrected chi connectivity index (χ0v) is 12.6. The molecule has 106 valence electrons. The largest absolute Gasteiger partial charge is 0.364 e. The average Bonchev–Trinajstić information content (AvgIpc) is 2.69. The van der Waals surface area contributed by atoms with Gasteiger partial charge in [0.25, 0.3) is 15.9 Å². The van der Waals surface area contributed by atoms with Crippen LogP contribution in [-0.4, -0.2) is 29.1 Å². The minimum Gasteiger partial charge on any atom is -0.364 e. The van der Waals surface area contributed by atoms with Crippen LogP contribution in [0.3, 0.4) is 0 Å². The van der Waals surface area contributed by atoms with Crippen LogP contribution in [0.2, 0.25) is 0 Å². The van der Waals surface area contributed by atoms with Gasteiger partial charge in [-0.2, -0.15) is 13.5 Å². The van der Waals surface area contributed by atoms with Crippen molar-refractivity contribution in [3.8, 4) is 0 Å². The number of hydrogen-bond donors (Lipinski definition) is 2. The fraction of sp³-hybridized carbons (Fsp3) is 0.100. The number of aromatic nitrogens is 3. The van der Waals surface area contributed by atoms with Crippen molar-refractivity contribution in [1.82, 2.24) is 14.8 Å². The fourth-order valence-electron chi connectivity index (χ4n) is 1.51. The van der Waals surface area contributed by atoms with Gasteiger partial charge < -0.3 is 5.73 Å². The second-order valence-electron chi connectivity index (χ2n) is 3.82. The van der Waals surface area contributed by atoms with E-state index in [-0.39, 0.29) is 16.4 Å². The monoisotopic (exact) mass is 359 g/mol. The first-order valence-electron chi connectivity index (χ1n) is 5.27. The standard InChI is InChI=1S/C10H10BrN5O3S/c1-16-10(7(11)5-14-16)20(18,19)15-6-2-3-8(9(12)17)13-4-6/h2-5,15H,1H3,(H2,12,17). The molecular formula is C10H10BrN5O3S. The van der Waals surface area contributed by atoms with E-state index < -0.39 is 15.9 Å². The Hall–Kier alpha value is -1.94. The molecule has 2 aromatic heterocycles. The summed E-state index contributed by atoms with van der Waals surface area (Å²) in [5, 5.41) is 3.82. The fourth-order valence-corrected chi connectivity index (χ4v) is 3.72. The van der Waals surface area contributed by atoms with Crippen molar-refractivity contribution < 1.29 is 13.2 Å². The van der Waals surface area contributed by atoms with E-state index >= 15 is 0 Å².